The first-order valence-corrected chi connectivity index (χ1v) is 6.55. The Morgan fingerprint density at radius 3 is 2.57 bits per heavy atom. The first-order valence-electron chi connectivity index (χ1n) is 6.55. The average Bonchev–Trinajstić information content (AvgIpc) is 2.35. The first-order chi connectivity index (χ1) is 9.72. The van der Waals surface area contributed by atoms with E-state index in [0.717, 1.165) is 0 Å². The van der Waals surface area contributed by atoms with E-state index in [1.165, 1.54) is 7.11 Å². The number of fused-ring (bicyclic) bond motifs is 1. The molecule has 6 nitrogen and oxygen atoms in total. The minimum atomic E-state index is -0.963. The molecule has 0 aliphatic rings. The minimum absolute atomic E-state index is 0.184. The third-order valence-corrected chi connectivity index (χ3v) is 3.14. The minimum Gasteiger partial charge on any atom is -0.497 e. The van der Waals surface area contributed by atoms with Gasteiger partial charge in [0.05, 0.1) is 24.6 Å². The molecule has 0 unspecified atom stereocenters. The number of carboxylic acid groups (broad SMARTS) is 1. The van der Waals surface area contributed by atoms with E-state index in [9.17, 15) is 9.59 Å². The zero-order valence-corrected chi connectivity index (χ0v) is 12.5. The molecule has 6 heteroatoms. The number of carboxylic acids is 1. The lowest BCUT2D eigenvalue weighted by Crippen LogP contribution is -2.27. The molecule has 112 valence electrons. The Labute approximate surface area is 121 Å². The van der Waals surface area contributed by atoms with Crippen LogP contribution >= 0.6 is 0 Å². The Morgan fingerprint density at radius 1 is 1.38 bits per heavy atom. The monoisotopic (exact) mass is 290 g/mol. The Kier molecular flexibility index (Phi) is 3.72. The number of aromatic nitrogens is 2. The van der Waals surface area contributed by atoms with Crippen LogP contribution in [0, 0.1) is 0 Å². The van der Waals surface area contributed by atoms with Crippen molar-refractivity contribution < 1.29 is 14.6 Å². The van der Waals surface area contributed by atoms with E-state index in [0.29, 0.717) is 28.0 Å². The van der Waals surface area contributed by atoms with Crippen molar-refractivity contribution in [3.05, 3.63) is 33.7 Å². The molecule has 0 amide bonds. The van der Waals surface area contributed by atoms with Crippen LogP contribution in [0.5, 0.6) is 5.75 Å². The van der Waals surface area contributed by atoms with Gasteiger partial charge < -0.3 is 14.8 Å². The molecular weight excluding hydrogens is 272 g/mol. The fourth-order valence-corrected chi connectivity index (χ4v) is 2.16. The van der Waals surface area contributed by atoms with Gasteiger partial charge in [0.1, 0.15) is 11.4 Å². The summed E-state index contributed by atoms with van der Waals surface area (Å²) in [5.41, 5.74) is 1.16. The highest BCUT2D eigenvalue weighted by Crippen LogP contribution is 2.25. The van der Waals surface area contributed by atoms with Crippen molar-refractivity contribution in [2.24, 2.45) is 0 Å². The molecule has 21 heavy (non-hydrogen) atoms. The van der Waals surface area contributed by atoms with Gasteiger partial charge in [0.2, 0.25) is 0 Å². The van der Waals surface area contributed by atoms with Crippen LogP contribution in [0.1, 0.15) is 32.0 Å². The molecule has 0 spiro atoms. The number of hydrogen-bond donors (Lipinski definition) is 2. The summed E-state index contributed by atoms with van der Waals surface area (Å²) >= 11 is 0. The number of methoxy groups -OCH3 is 1. The third-order valence-electron chi connectivity index (χ3n) is 3.14. The van der Waals surface area contributed by atoms with Gasteiger partial charge in [0, 0.05) is 11.5 Å². The predicted molar refractivity (Wildman–Crippen MR) is 79.0 cm³/mol. The van der Waals surface area contributed by atoms with Crippen molar-refractivity contribution >= 4 is 17.0 Å². The van der Waals surface area contributed by atoms with Crippen LogP contribution in [0.25, 0.3) is 11.0 Å². The average molecular weight is 290 g/mol. The van der Waals surface area contributed by atoms with Gasteiger partial charge in [-0.1, -0.05) is 20.8 Å². The summed E-state index contributed by atoms with van der Waals surface area (Å²) in [5.74, 6) is -0.477. The highest BCUT2D eigenvalue weighted by Gasteiger charge is 2.21. The van der Waals surface area contributed by atoms with Gasteiger partial charge in [-0.25, -0.2) is 4.98 Å². The molecule has 1 heterocycles. The second-order valence-electron chi connectivity index (χ2n) is 5.92. The Morgan fingerprint density at radius 2 is 2.05 bits per heavy atom. The molecule has 0 fully saturated rings. The number of nitrogens with zero attached hydrogens (tertiary/aromatic N) is 1. The highest BCUT2D eigenvalue weighted by molar-refractivity contribution is 5.84. The lowest BCUT2D eigenvalue weighted by molar-refractivity contribution is -0.136. The largest absolute Gasteiger partial charge is 0.497 e. The Hall–Kier alpha value is -2.37. The summed E-state index contributed by atoms with van der Waals surface area (Å²) in [6, 6.07) is 3.27. The fourth-order valence-electron chi connectivity index (χ4n) is 2.16. The molecule has 1 aromatic heterocycles. The molecule has 0 radical (unpaired) electrons. The first kappa shape index (κ1) is 15.0. The van der Waals surface area contributed by atoms with E-state index in [-0.39, 0.29) is 12.0 Å². The quantitative estimate of drug-likeness (QED) is 0.900. The van der Waals surface area contributed by atoms with Crippen molar-refractivity contribution in [3.8, 4) is 5.75 Å². The van der Waals surface area contributed by atoms with Gasteiger partial charge in [0.15, 0.2) is 0 Å². The van der Waals surface area contributed by atoms with E-state index in [1.54, 1.807) is 12.1 Å². The molecule has 0 atom stereocenters. The summed E-state index contributed by atoms with van der Waals surface area (Å²) in [5, 5.41) is 9.03. The maximum atomic E-state index is 12.1. The van der Waals surface area contributed by atoms with E-state index in [4.69, 9.17) is 9.84 Å². The summed E-state index contributed by atoms with van der Waals surface area (Å²) < 4.78 is 5.14. The van der Waals surface area contributed by atoms with E-state index in [2.05, 4.69) is 9.97 Å². The molecule has 2 aromatic rings. The molecule has 2 rings (SSSR count). The molecule has 1 aromatic carbocycles. The number of hydrogen-bond acceptors (Lipinski definition) is 4. The van der Waals surface area contributed by atoms with Crippen molar-refractivity contribution in [1.82, 2.24) is 9.97 Å². The maximum Gasteiger partial charge on any atom is 0.307 e. The van der Waals surface area contributed by atoms with Gasteiger partial charge in [-0.2, -0.15) is 0 Å². The highest BCUT2D eigenvalue weighted by atomic mass is 16.5. The summed E-state index contributed by atoms with van der Waals surface area (Å²) in [4.78, 5) is 30.3. The fraction of sp³-hybridized carbons (Fsp3) is 0.400. The zero-order valence-electron chi connectivity index (χ0n) is 12.5. The maximum absolute atomic E-state index is 12.1. The number of aromatic amines is 1. The Balaban J connectivity index is 2.80. The van der Waals surface area contributed by atoms with Gasteiger partial charge in [-0.15, -0.1) is 0 Å². The molecular formula is C15H18N2O4. The van der Waals surface area contributed by atoms with Crippen LogP contribution < -0.4 is 10.3 Å². The van der Waals surface area contributed by atoms with Gasteiger partial charge in [0.25, 0.3) is 5.56 Å². The second kappa shape index (κ2) is 5.20. The number of benzene rings is 1. The predicted octanol–water partition coefficient (Wildman–Crippen LogP) is 1.86. The number of nitrogens with one attached hydrogen (secondary N) is 1. The smallest absolute Gasteiger partial charge is 0.307 e. The summed E-state index contributed by atoms with van der Waals surface area (Å²) in [6.07, 6.45) is -0.184. The normalized spacial score (nSPS) is 11.6. The third kappa shape index (κ3) is 3.04. The SMILES string of the molecule is COc1cc(CC(=O)O)c2nc(C(C)(C)C)c(=O)[nH]c2c1. The topological polar surface area (TPSA) is 92.3 Å². The van der Waals surface area contributed by atoms with Crippen molar-refractivity contribution in [3.63, 3.8) is 0 Å². The molecule has 0 bridgehead atoms. The number of carbonyl (C=O) groups is 1. The van der Waals surface area contributed by atoms with E-state index >= 15 is 0 Å². The molecule has 0 saturated heterocycles. The Bertz CT molecular complexity index is 757. The molecule has 0 saturated carbocycles. The van der Waals surface area contributed by atoms with E-state index < -0.39 is 11.4 Å². The standard InChI is InChI=1S/C15H18N2O4/c1-15(2,3)13-14(20)16-10-7-9(21-4)5-8(6-11(18)19)12(10)17-13/h5,7H,6H2,1-4H3,(H,16,20)(H,18,19). The number of rotatable bonds is 3. The lowest BCUT2D eigenvalue weighted by Gasteiger charge is -2.17. The van der Waals surface area contributed by atoms with Crippen LogP contribution in [-0.4, -0.2) is 28.2 Å². The van der Waals surface area contributed by atoms with Crippen LogP contribution in [0.2, 0.25) is 0 Å². The summed E-state index contributed by atoms with van der Waals surface area (Å²) in [6.45, 7) is 5.66. The molecule has 0 aliphatic heterocycles. The van der Waals surface area contributed by atoms with Crippen LogP contribution in [-0.2, 0) is 16.6 Å². The zero-order chi connectivity index (χ0) is 15.8. The van der Waals surface area contributed by atoms with Crippen molar-refractivity contribution in [1.29, 1.82) is 0 Å². The van der Waals surface area contributed by atoms with Gasteiger partial charge >= 0.3 is 5.97 Å². The summed E-state index contributed by atoms with van der Waals surface area (Å²) in [7, 11) is 1.49. The number of ether oxygens (including phenoxy) is 1. The van der Waals surface area contributed by atoms with Crippen LogP contribution in [0.4, 0.5) is 0 Å². The lowest BCUT2D eigenvalue weighted by atomic mass is 9.92. The molecule has 2 N–H and O–H groups in total. The second-order valence-corrected chi connectivity index (χ2v) is 5.92. The van der Waals surface area contributed by atoms with Gasteiger partial charge in [-0.3, -0.25) is 9.59 Å². The van der Waals surface area contributed by atoms with Crippen molar-refractivity contribution in [2.45, 2.75) is 32.6 Å². The number of H-pyrrole nitrogens is 1. The molecule has 0 aliphatic carbocycles. The number of aliphatic carboxylic acids is 1. The van der Waals surface area contributed by atoms with Crippen molar-refractivity contribution in [2.75, 3.05) is 7.11 Å². The van der Waals surface area contributed by atoms with E-state index in [1.807, 2.05) is 20.8 Å². The van der Waals surface area contributed by atoms with Crippen LogP contribution in [0.3, 0.4) is 0 Å². The van der Waals surface area contributed by atoms with Crippen LogP contribution in [0.15, 0.2) is 16.9 Å². The van der Waals surface area contributed by atoms with Gasteiger partial charge in [-0.05, 0) is 11.6 Å².